The Morgan fingerprint density at radius 2 is 2.03 bits per heavy atom. The predicted molar refractivity (Wildman–Crippen MR) is 130 cm³/mol. The van der Waals surface area contributed by atoms with E-state index in [1.165, 1.54) is 17.4 Å². The fraction of sp³-hybridized carbons (Fsp3) is 0.292. The molecule has 2 aromatic heterocycles. The number of pyridine rings is 2. The van der Waals surface area contributed by atoms with E-state index in [1.54, 1.807) is 42.3 Å². The molecule has 1 aromatic carbocycles. The quantitative estimate of drug-likeness (QED) is 0.538. The normalized spacial score (nSPS) is 15.7. The number of carbonyl (C=O) groups excluding carboxylic acids is 1. The van der Waals surface area contributed by atoms with Gasteiger partial charge < -0.3 is 15.0 Å². The summed E-state index contributed by atoms with van der Waals surface area (Å²) in [6.07, 6.45) is 2.10. The van der Waals surface area contributed by atoms with Crippen molar-refractivity contribution in [3.63, 3.8) is 0 Å². The zero-order chi connectivity index (χ0) is 24.9. The minimum absolute atomic E-state index is 0.100. The minimum Gasteiger partial charge on any atom is -0.493 e. The Kier molecular flexibility index (Phi) is 5.59. The zero-order valence-electron chi connectivity index (χ0n) is 19.5. The topological polar surface area (TPSA) is 105 Å². The highest BCUT2D eigenvalue weighted by Crippen LogP contribution is 2.39. The van der Waals surface area contributed by atoms with Gasteiger partial charge >= 0.3 is 0 Å². The molecule has 3 aromatic rings. The molecule has 11 heteroatoms. The number of fused-ring (bicyclic) bond motifs is 3. The lowest BCUT2D eigenvalue weighted by molar-refractivity contribution is 0.102. The Morgan fingerprint density at radius 3 is 2.80 bits per heavy atom. The minimum atomic E-state index is -3.37. The lowest BCUT2D eigenvalue weighted by Gasteiger charge is -2.22. The van der Waals surface area contributed by atoms with Crippen LogP contribution >= 0.6 is 0 Å². The third-order valence-corrected chi connectivity index (χ3v) is 7.92. The number of nitrogens with one attached hydrogen (secondary N) is 1. The largest absolute Gasteiger partial charge is 0.493 e. The summed E-state index contributed by atoms with van der Waals surface area (Å²) in [6.45, 7) is 4.31. The van der Waals surface area contributed by atoms with E-state index in [2.05, 4.69) is 15.3 Å². The molecule has 0 bridgehead atoms. The first-order valence-electron chi connectivity index (χ1n) is 11.2. The van der Waals surface area contributed by atoms with Crippen LogP contribution in [0, 0.1) is 12.9 Å². The van der Waals surface area contributed by atoms with Gasteiger partial charge in [-0.1, -0.05) is 6.07 Å². The van der Waals surface area contributed by atoms with Gasteiger partial charge in [0.1, 0.15) is 17.3 Å². The van der Waals surface area contributed by atoms with Gasteiger partial charge in [-0.05, 0) is 49.2 Å². The Labute approximate surface area is 202 Å². The number of aromatic nitrogens is 2. The van der Waals surface area contributed by atoms with Crippen LogP contribution < -0.4 is 19.3 Å². The molecule has 5 rings (SSSR count). The van der Waals surface area contributed by atoms with E-state index in [0.717, 1.165) is 5.56 Å². The molecule has 1 N–H and O–H groups in total. The number of amides is 1. The highest BCUT2D eigenvalue weighted by molar-refractivity contribution is 7.92. The van der Waals surface area contributed by atoms with Crippen LogP contribution in [0.2, 0.25) is 0 Å². The van der Waals surface area contributed by atoms with Crippen molar-refractivity contribution < 1.29 is 22.3 Å². The lowest BCUT2D eigenvalue weighted by atomic mass is 10.1. The Balaban J connectivity index is 1.38. The molecule has 9 nitrogen and oxygen atoms in total. The summed E-state index contributed by atoms with van der Waals surface area (Å²) < 4.78 is 45.7. The van der Waals surface area contributed by atoms with Crippen LogP contribution in [0.5, 0.6) is 5.75 Å². The standard InChI is InChI=1S/C24H24FN5O4S/c1-4-30-22-16(24(31)28-21-14(2)10-20(25)27-23(21)30)11-15(12-26-22)8-9-34-19-7-5-6-18-17(19)13-35(32,33)29(18)3/h5-7,10-12H,4,8-9,13H2,1-3H3,(H,28,31). The Hall–Kier alpha value is -3.73. The van der Waals surface area contributed by atoms with Gasteiger partial charge in [0.2, 0.25) is 16.0 Å². The maximum atomic E-state index is 14.0. The van der Waals surface area contributed by atoms with E-state index in [-0.39, 0.29) is 18.3 Å². The number of rotatable bonds is 5. The van der Waals surface area contributed by atoms with E-state index >= 15 is 0 Å². The van der Waals surface area contributed by atoms with Crippen LogP contribution in [0.4, 0.5) is 27.4 Å². The van der Waals surface area contributed by atoms with Crippen LogP contribution in [0.3, 0.4) is 0 Å². The number of ether oxygens (including phenoxy) is 1. The molecule has 35 heavy (non-hydrogen) atoms. The van der Waals surface area contributed by atoms with Gasteiger partial charge in [-0.3, -0.25) is 9.10 Å². The summed E-state index contributed by atoms with van der Waals surface area (Å²) in [5.41, 5.74) is 3.42. The molecule has 0 fully saturated rings. The second-order valence-electron chi connectivity index (χ2n) is 8.45. The van der Waals surface area contributed by atoms with E-state index in [1.807, 2.05) is 6.92 Å². The molecular formula is C24H24FN5O4S. The smallest absolute Gasteiger partial charge is 0.259 e. The van der Waals surface area contributed by atoms with Crippen LogP contribution in [0.1, 0.15) is 34.0 Å². The molecule has 0 spiro atoms. The summed E-state index contributed by atoms with van der Waals surface area (Å²) in [7, 11) is -1.85. The molecule has 0 aliphatic carbocycles. The van der Waals surface area contributed by atoms with Crippen molar-refractivity contribution in [2.75, 3.05) is 34.7 Å². The molecule has 4 heterocycles. The monoisotopic (exact) mass is 497 g/mol. The first-order chi connectivity index (χ1) is 16.7. The van der Waals surface area contributed by atoms with Gasteiger partial charge in [0.05, 0.1) is 23.5 Å². The van der Waals surface area contributed by atoms with Crippen molar-refractivity contribution in [1.82, 2.24) is 9.97 Å². The van der Waals surface area contributed by atoms with Gasteiger partial charge in [-0.2, -0.15) is 9.37 Å². The van der Waals surface area contributed by atoms with Crippen molar-refractivity contribution >= 4 is 38.9 Å². The second-order valence-corrected chi connectivity index (χ2v) is 10.4. The van der Waals surface area contributed by atoms with Gasteiger partial charge in [-0.25, -0.2) is 13.4 Å². The van der Waals surface area contributed by atoms with E-state index in [9.17, 15) is 17.6 Å². The molecule has 2 aliphatic heterocycles. The molecule has 0 saturated carbocycles. The number of sulfonamides is 1. The SMILES string of the molecule is CCN1c2ncc(CCOc3cccc4c3CS(=O)(=O)N4C)cc2C(=O)Nc2c(C)cc(F)nc21. The summed E-state index contributed by atoms with van der Waals surface area (Å²) in [5.74, 6) is 0.165. The van der Waals surface area contributed by atoms with Crippen molar-refractivity contribution in [2.24, 2.45) is 0 Å². The molecule has 2 aliphatic rings. The van der Waals surface area contributed by atoms with Gasteiger partial charge in [0, 0.05) is 31.8 Å². The molecule has 0 saturated heterocycles. The maximum absolute atomic E-state index is 14.0. The van der Waals surface area contributed by atoms with E-state index in [4.69, 9.17) is 4.74 Å². The third-order valence-electron chi connectivity index (χ3n) is 6.24. The van der Waals surface area contributed by atoms with Crippen LogP contribution in [-0.4, -0.2) is 44.5 Å². The predicted octanol–water partition coefficient (Wildman–Crippen LogP) is 3.55. The lowest BCUT2D eigenvalue weighted by Crippen LogP contribution is -2.20. The number of benzene rings is 1. The number of hydrogen-bond donors (Lipinski definition) is 1. The molecule has 182 valence electrons. The number of nitrogens with zero attached hydrogens (tertiary/aromatic N) is 4. The Bertz CT molecular complexity index is 1460. The van der Waals surface area contributed by atoms with Gasteiger partial charge in [0.25, 0.3) is 5.91 Å². The Morgan fingerprint density at radius 1 is 1.23 bits per heavy atom. The second kappa shape index (κ2) is 8.49. The zero-order valence-corrected chi connectivity index (χ0v) is 20.3. The highest BCUT2D eigenvalue weighted by Gasteiger charge is 2.32. The average molecular weight is 498 g/mol. The summed E-state index contributed by atoms with van der Waals surface area (Å²) in [5, 5.41) is 2.85. The van der Waals surface area contributed by atoms with Gasteiger partial charge in [0.15, 0.2) is 5.82 Å². The maximum Gasteiger partial charge on any atom is 0.259 e. The molecule has 0 atom stereocenters. The molecule has 1 amide bonds. The number of halogens is 1. The molecule has 0 unspecified atom stereocenters. The van der Waals surface area contributed by atoms with Crippen molar-refractivity contribution in [3.8, 4) is 5.75 Å². The third kappa shape index (κ3) is 3.95. The number of aryl methyl sites for hydroxylation is 1. The number of anilines is 4. The molecular weight excluding hydrogens is 473 g/mol. The van der Waals surface area contributed by atoms with E-state index in [0.29, 0.717) is 58.4 Å². The number of hydrogen-bond acceptors (Lipinski definition) is 7. The fourth-order valence-electron chi connectivity index (χ4n) is 4.40. The summed E-state index contributed by atoms with van der Waals surface area (Å²) in [4.78, 5) is 23.3. The van der Waals surface area contributed by atoms with Gasteiger partial charge in [-0.15, -0.1) is 0 Å². The van der Waals surface area contributed by atoms with Crippen molar-refractivity contribution in [2.45, 2.75) is 26.0 Å². The van der Waals surface area contributed by atoms with Crippen molar-refractivity contribution in [3.05, 3.63) is 64.7 Å². The average Bonchev–Trinajstić information content (AvgIpc) is 2.98. The van der Waals surface area contributed by atoms with Crippen LogP contribution in [0.15, 0.2) is 36.5 Å². The van der Waals surface area contributed by atoms with Crippen LogP contribution in [-0.2, 0) is 22.2 Å². The first-order valence-corrected chi connectivity index (χ1v) is 12.8. The summed E-state index contributed by atoms with van der Waals surface area (Å²) in [6, 6.07) is 8.29. The highest BCUT2D eigenvalue weighted by atomic mass is 32.2. The van der Waals surface area contributed by atoms with E-state index < -0.39 is 16.0 Å². The first kappa shape index (κ1) is 23.0. The number of carbonyl (C=O) groups is 1. The van der Waals surface area contributed by atoms with Crippen LogP contribution in [0.25, 0.3) is 0 Å². The molecule has 0 radical (unpaired) electrons. The fourth-order valence-corrected chi connectivity index (χ4v) is 5.72. The summed E-state index contributed by atoms with van der Waals surface area (Å²) >= 11 is 0. The van der Waals surface area contributed by atoms with Crippen molar-refractivity contribution in [1.29, 1.82) is 0 Å².